The highest BCUT2D eigenvalue weighted by molar-refractivity contribution is 5.98. The molecule has 0 saturated carbocycles. The first-order valence-electron chi connectivity index (χ1n) is 7.36. The minimum Gasteiger partial charge on any atom is -0.355 e. The molecule has 116 valence electrons. The second kappa shape index (κ2) is 6.26. The standard InChI is InChI=1S/C14H23N5O2/c1-4-16-13(20)12-6-10(15)8-18(12)14(21)11-7-17-19(5-2)9(11)3/h7,10,12H,4-6,8,15H2,1-3H3,(H,16,20)/t10-,12-/m0/s1. The summed E-state index contributed by atoms with van der Waals surface area (Å²) in [5.74, 6) is -0.310. The van der Waals surface area contributed by atoms with Crippen molar-refractivity contribution >= 4 is 11.8 Å². The molecule has 21 heavy (non-hydrogen) atoms. The summed E-state index contributed by atoms with van der Waals surface area (Å²) in [7, 11) is 0. The van der Waals surface area contributed by atoms with E-state index in [1.165, 1.54) is 0 Å². The summed E-state index contributed by atoms with van der Waals surface area (Å²) >= 11 is 0. The van der Waals surface area contributed by atoms with E-state index in [-0.39, 0.29) is 17.9 Å². The minimum atomic E-state index is -0.489. The van der Waals surface area contributed by atoms with E-state index in [0.29, 0.717) is 31.6 Å². The van der Waals surface area contributed by atoms with Crippen LogP contribution in [0.15, 0.2) is 6.20 Å². The van der Waals surface area contributed by atoms with Gasteiger partial charge in [-0.15, -0.1) is 0 Å². The number of hydrogen-bond acceptors (Lipinski definition) is 4. The van der Waals surface area contributed by atoms with Gasteiger partial charge in [0.15, 0.2) is 0 Å². The van der Waals surface area contributed by atoms with Gasteiger partial charge in [0.1, 0.15) is 6.04 Å². The molecule has 1 aromatic heterocycles. The smallest absolute Gasteiger partial charge is 0.258 e. The van der Waals surface area contributed by atoms with E-state index in [9.17, 15) is 9.59 Å². The highest BCUT2D eigenvalue weighted by Crippen LogP contribution is 2.21. The van der Waals surface area contributed by atoms with Crippen LogP contribution in [0.4, 0.5) is 0 Å². The maximum Gasteiger partial charge on any atom is 0.258 e. The molecule has 1 aliphatic heterocycles. The van der Waals surface area contributed by atoms with Crippen molar-refractivity contribution in [3.8, 4) is 0 Å². The molecule has 0 aliphatic carbocycles. The van der Waals surface area contributed by atoms with Crippen LogP contribution in [0.5, 0.6) is 0 Å². The summed E-state index contributed by atoms with van der Waals surface area (Å²) in [5.41, 5.74) is 7.30. The second-order valence-corrected chi connectivity index (χ2v) is 5.32. The SMILES string of the molecule is CCNC(=O)[C@@H]1C[C@H](N)CN1C(=O)c1cnn(CC)c1C. The van der Waals surface area contributed by atoms with Gasteiger partial charge in [-0.05, 0) is 27.2 Å². The summed E-state index contributed by atoms with van der Waals surface area (Å²) in [6.07, 6.45) is 2.07. The number of likely N-dealkylation sites (tertiary alicyclic amines) is 1. The number of nitrogens with two attached hydrogens (primary N) is 1. The largest absolute Gasteiger partial charge is 0.355 e. The van der Waals surface area contributed by atoms with Crippen LogP contribution in [-0.2, 0) is 11.3 Å². The van der Waals surface area contributed by atoms with Gasteiger partial charge in [-0.3, -0.25) is 14.3 Å². The highest BCUT2D eigenvalue weighted by Gasteiger charge is 2.39. The third kappa shape index (κ3) is 2.92. The van der Waals surface area contributed by atoms with Crippen LogP contribution in [0.3, 0.4) is 0 Å². The lowest BCUT2D eigenvalue weighted by Crippen LogP contribution is -2.46. The van der Waals surface area contributed by atoms with E-state index in [1.54, 1.807) is 15.8 Å². The van der Waals surface area contributed by atoms with Crippen LogP contribution in [0, 0.1) is 6.92 Å². The Bertz CT molecular complexity index is 539. The summed E-state index contributed by atoms with van der Waals surface area (Å²) < 4.78 is 1.77. The van der Waals surface area contributed by atoms with Crippen LogP contribution in [0.1, 0.15) is 36.3 Å². The Balaban J connectivity index is 2.23. The number of hydrogen-bond donors (Lipinski definition) is 2. The Morgan fingerprint density at radius 3 is 2.76 bits per heavy atom. The van der Waals surface area contributed by atoms with Gasteiger partial charge in [-0.25, -0.2) is 0 Å². The summed E-state index contributed by atoms with van der Waals surface area (Å²) in [4.78, 5) is 26.4. The van der Waals surface area contributed by atoms with Crippen molar-refractivity contribution in [2.75, 3.05) is 13.1 Å². The lowest BCUT2D eigenvalue weighted by molar-refractivity contribution is -0.124. The first-order valence-corrected chi connectivity index (χ1v) is 7.36. The fourth-order valence-corrected chi connectivity index (χ4v) is 2.76. The molecule has 2 rings (SSSR count). The molecule has 1 saturated heterocycles. The average Bonchev–Trinajstić information content (AvgIpc) is 3.01. The number of nitrogens with zero attached hydrogens (tertiary/aromatic N) is 3. The maximum absolute atomic E-state index is 12.7. The van der Waals surface area contributed by atoms with Crippen LogP contribution in [-0.4, -0.2) is 51.7 Å². The molecule has 0 radical (unpaired) electrons. The number of amides is 2. The molecule has 1 aromatic rings. The minimum absolute atomic E-state index is 0.140. The Morgan fingerprint density at radius 2 is 2.19 bits per heavy atom. The number of aryl methyl sites for hydroxylation is 1. The van der Waals surface area contributed by atoms with Gasteiger partial charge in [-0.1, -0.05) is 0 Å². The molecule has 0 unspecified atom stereocenters. The molecule has 0 bridgehead atoms. The van der Waals surface area contributed by atoms with Crippen molar-refractivity contribution in [3.05, 3.63) is 17.5 Å². The monoisotopic (exact) mass is 293 g/mol. The lowest BCUT2D eigenvalue weighted by atomic mass is 10.1. The van der Waals surface area contributed by atoms with Crippen molar-refractivity contribution in [1.82, 2.24) is 20.0 Å². The van der Waals surface area contributed by atoms with Gasteiger partial charge in [0.2, 0.25) is 5.91 Å². The quantitative estimate of drug-likeness (QED) is 0.810. The van der Waals surface area contributed by atoms with Crippen LogP contribution < -0.4 is 11.1 Å². The molecule has 2 heterocycles. The van der Waals surface area contributed by atoms with Crippen molar-refractivity contribution in [2.24, 2.45) is 5.73 Å². The van der Waals surface area contributed by atoms with Crippen LogP contribution in [0.2, 0.25) is 0 Å². The van der Waals surface area contributed by atoms with Crippen molar-refractivity contribution in [1.29, 1.82) is 0 Å². The zero-order valence-electron chi connectivity index (χ0n) is 12.8. The summed E-state index contributed by atoms with van der Waals surface area (Å²) in [6.45, 7) is 7.34. The first-order chi connectivity index (χ1) is 9.99. The van der Waals surface area contributed by atoms with E-state index in [2.05, 4.69) is 10.4 Å². The molecule has 2 amide bonds. The third-order valence-corrected chi connectivity index (χ3v) is 3.88. The Hall–Kier alpha value is -1.89. The topological polar surface area (TPSA) is 93.2 Å². The molecule has 1 fully saturated rings. The summed E-state index contributed by atoms with van der Waals surface area (Å²) in [6, 6.07) is -0.653. The van der Waals surface area contributed by atoms with E-state index < -0.39 is 6.04 Å². The van der Waals surface area contributed by atoms with Crippen molar-refractivity contribution in [3.63, 3.8) is 0 Å². The third-order valence-electron chi connectivity index (χ3n) is 3.88. The highest BCUT2D eigenvalue weighted by atomic mass is 16.2. The van der Waals surface area contributed by atoms with Gasteiger partial charge in [0.05, 0.1) is 11.8 Å². The lowest BCUT2D eigenvalue weighted by Gasteiger charge is -2.23. The molecular weight excluding hydrogens is 270 g/mol. The molecule has 0 spiro atoms. The molecule has 2 atom stereocenters. The first kappa shape index (κ1) is 15.5. The number of rotatable bonds is 4. The van der Waals surface area contributed by atoms with Gasteiger partial charge in [0, 0.05) is 31.4 Å². The van der Waals surface area contributed by atoms with Crippen molar-refractivity contribution in [2.45, 2.75) is 45.8 Å². The second-order valence-electron chi connectivity index (χ2n) is 5.32. The number of nitrogens with one attached hydrogen (secondary N) is 1. The van der Waals surface area contributed by atoms with Crippen LogP contribution >= 0.6 is 0 Å². The normalized spacial score (nSPS) is 21.6. The van der Waals surface area contributed by atoms with Gasteiger partial charge in [0.25, 0.3) is 5.91 Å². The van der Waals surface area contributed by atoms with Gasteiger partial charge >= 0.3 is 0 Å². The van der Waals surface area contributed by atoms with E-state index in [4.69, 9.17) is 5.73 Å². The molecule has 7 nitrogen and oxygen atoms in total. The fraction of sp³-hybridized carbons (Fsp3) is 0.643. The molecule has 0 aromatic carbocycles. The Labute approximate surface area is 124 Å². The number of carbonyl (C=O) groups is 2. The molecular formula is C14H23N5O2. The Morgan fingerprint density at radius 1 is 1.48 bits per heavy atom. The zero-order chi connectivity index (χ0) is 15.6. The Kier molecular flexibility index (Phi) is 4.62. The summed E-state index contributed by atoms with van der Waals surface area (Å²) in [5, 5.41) is 6.96. The number of carbonyl (C=O) groups excluding carboxylic acids is 2. The van der Waals surface area contributed by atoms with Crippen LogP contribution in [0.25, 0.3) is 0 Å². The van der Waals surface area contributed by atoms with E-state index in [1.807, 2.05) is 20.8 Å². The molecule has 3 N–H and O–H groups in total. The number of likely N-dealkylation sites (N-methyl/N-ethyl adjacent to an activating group) is 1. The fourth-order valence-electron chi connectivity index (χ4n) is 2.76. The molecule has 1 aliphatic rings. The predicted octanol–water partition coefficient (Wildman–Crippen LogP) is -0.111. The zero-order valence-corrected chi connectivity index (χ0v) is 12.8. The van der Waals surface area contributed by atoms with Crippen molar-refractivity contribution < 1.29 is 9.59 Å². The van der Waals surface area contributed by atoms with Gasteiger partial charge < -0.3 is 16.0 Å². The predicted molar refractivity (Wildman–Crippen MR) is 78.7 cm³/mol. The molecule has 7 heteroatoms. The average molecular weight is 293 g/mol. The maximum atomic E-state index is 12.7. The van der Waals surface area contributed by atoms with E-state index in [0.717, 1.165) is 5.69 Å². The number of aromatic nitrogens is 2. The van der Waals surface area contributed by atoms with E-state index >= 15 is 0 Å². The van der Waals surface area contributed by atoms with Gasteiger partial charge in [-0.2, -0.15) is 5.10 Å².